The number of amides is 1. The number of carbonyl (C=O) groups excluding carboxylic acids is 1. The SMILES string of the molecule is NS(=O)(=O)c1ccc(CNC(=O)C23CC4CC(CC(C4)C2)C3)s1. The smallest absolute Gasteiger partial charge is 0.247 e. The maximum atomic E-state index is 12.8. The zero-order valence-electron chi connectivity index (χ0n) is 13.0. The fourth-order valence-electron chi connectivity index (χ4n) is 5.35. The van der Waals surface area contributed by atoms with Crippen LogP contribution < -0.4 is 10.5 Å². The highest BCUT2D eigenvalue weighted by molar-refractivity contribution is 7.91. The Morgan fingerprint density at radius 1 is 1.17 bits per heavy atom. The van der Waals surface area contributed by atoms with E-state index in [9.17, 15) is 13.2 Å². The Morgan fingerprint density at radius 3 is 2.22 bits per heavy atom. The van der Waals surface area contributed by atoms with Gasteiger partial charge in [-0.25, -0.2) is 13.6 Å². The molecule has 0 spiro atoms. The lowest BCUT2D eigenvalue weighted by Gasteiger charge is -2.55. The minimum atomic E-state index is -3.65. The zero-order valence-corrected chi connectivity index (χ0v) is 14.6. The van der Waals surface area contributed by atoms with Crippen LogP contribution in [-0.2, 0) is 21.4 Å². The van der Waals surface area contributed by atoms with Gasteiger partial charge in [0.2, 0.25) is 15.9 Å². The number of hydrogen-bond donors (Lipinski definition) is 2. The van der Waals surface area contributed by atoms with Gasteiger partial charge in [-0.05, 0) is 68.4 Å². The molecule has 4 aliphatic carbocycles. The van der Waals surface area contributed by atoms with Gasteiger partial charge in [-0.1, -0.05) is 0 Å². The molecule has 1 aromatic rings. The average molecular weight is 354 g/mol. The van der Waals surface area contributed by atoms with Crippen LogP contribution in [0.2, 0.25) is 0 Å². The van der Waals surface area contributed by atoms with Crippen molar-refractivity contribution in [2.45, 2.75) is 49.3 Å². The third-order valence-electron chi connectivity index (χ3n) is 5.86. The minimum Gasteiger partial charge on any atom is -0.351 e. The fraction of sp³-hybridized carbons (Fsp3) is 0.688. The molecule has 4 fully saturated rings. The van der Waals surface area contributed by atoms with Gasteiger partial charge in [0.15, 0.2) is 0 Å². The Hall–Kier alpha value is -0.920. The monoisotopic (exact) mass is 354 g/mol. The van der Waals surface area contributed by atoms with Crippen LogP contribution >= 0.6 is 11.3 Å². The van der Waals surface area contributed by atoms with E-state index in [1.807, 2.05) is 0 Å². The van der Waals surface area contributed by atoms with Crippen molar-refractivity contribution in [3.8, 4) is 0 Å². The second kappa shape index (κ2) is 5.29. The van der Waals surface area contributed by atoms with Gasteiger partial charge in [-0.3, -0.25) is 4.79 Å². The summed E-state index contributed by atoms with van der Waals surface area (Å²) in [4.78, 5) is 13.7. The first-order valence-corrected chi connectivity index (χ1v) is 10.6. The van der Waals surface area contributed by atoms with Crippen molar-refractivity contribution in [2.75, 3.05) is 0 Å². The molecule has 0 aliphatic heterocycles. The molecular weight excluding hydrogens is 332 g/mol. The third kappa shape index (κ3) is 2.83. The molecule has 126 valence electrons. The number of nitrogens with two attached hydrogens (primary N) is 1. The number of nitrogens with one attached hydrogen (secondary N) is 1. The third-order valence-corrected chi connectivity index (χ3v) is 8.38. The Bertz CT molecular complexity index is 703. The number of carbonyl (C=O) groups is 1. The van der Waals surface area contributed by atoms with Crippen LogP contribution in [0.1, 0.15) is 43.4 Å². The Balaban J connectivity index is 1.43. The van der Waals surface area contributed by atoms with Crippen LogP contribution in [0.15, 0.2) is 16.3 Å². The first-order chi connectivity index (χ1) is 10.8. The normalized spacial score (nSPS) is 35.4. The van der Waals surface area contributed by atoms with Gasteiger partial charge >= 0.3 is 0 Å². The molecule has 4 aliphatic rings. The molecule has 1 heterocycles. The van der Waals surface area contributed by atoms with E-state index in [1.165, 1.54) is 25.3 Å². The molecule has 0 unspecified atom stereocenters. The summed E-state index contributed by atoms with van der Waals surface area (Å²) in [6, 6.07) is 3.23. The standard InChI is InChI=1S/C16H22N2O3S2/c17-23(20,21)14-2-1-13(22-14)9-18-15(19)16-6-10-3-11(7-16)5-12(4-10)8-16/h1-2,10-12H,3-9H2,(H,18,19)(H2,17,20,21). The van der Waals surface area contributed by atoms with Crippen molar-refractivity contribution in [3.63, 3.8) is 0 Å². The van der Waals surface area contributed by atoms with E-state index >= 15 is 0 Å². The summed E-state index contributed by atoms with van der Waals surface area (Å²) in [5.41, 5.74) is -0.158. The number of thiophene rings is 1. The predicted molar refractivity (Wildman–Crippen MR) is 88.1 cm³/mol. The molecule has 0 radical (unpaired) electrons. The van der Waals surface area contributed by atoms with Gasteiger partial charge in [0.1, 0.15) is 4.21 Å². The van der Waals surface area contributed by atoms with E-state index in [-0.39, 0.29) is 15.5 Å². The van der Waals surface area contributed by atoms with Crippen LogP contribution in [-0.4, -0.2) is 14.3 Å². The first-order valence-electron chi connectivity index (χ1n) is 8.24. The number of hydrogen-bond acceptors (Lipinski definition) is 4. The highest BCUT2D eigenvalue weighted by atomic mass is 32.2. The van der Waals surface area contributed by atoms with Crippen molar-refractivity contribution in [2.24, 2.45) is 28.3 Å². The Labute approximate surface area is 140 Å². The maximum Gasteiger partial charge on any atom is 0.247 e. The molecule has 5 nitrogen and oxygen atoms in total. The molecule has 5 rings (SSSR count). The Morgan fingerprint density at radius 2 is 1.74 bits per heavy atom. The highest BCUT2D eigenvalue weighted by Gasteiger charge is 2.54. The van der Waals surface area contributed by atoms with Gasteiger partial charge in [0, 0.05) is 10.3 Å². The van der Waals surface area contributed by atoms with Crippen LogP contribution in [0.4, 0.5) is 0 Å². The molecule has 0 aromatic carbocycles. The number of sulfonamides is 1. The molecule has 4 saturated carbocycles. The van der Waals surface area contributed by atoms with Crippen LogP contribution in [0, 0.1) is 23.2 Å². The van der Waals surface area contributed by atoms with Gasteiger partial charge in [-0.2, -0.15) is 0 Å². The lowest BCUT2D eigenvalue weighted by molar-refractivity contribution is -0.146. The second-order valence-corrected chi connectivity index (χ2v) is 10.6. The summed E-state index contributed by atoms with van der Waals surface area (Å²) in [6.07, 6.45) is 7.06. The first kappa shape index (κ1) is 15.6. The van der Waals surface area contributed by atoms with Gasteiger partial charge in [-0.15, -0.1) is 11.3 Å². The molecule has 3 N–H and O–H groups in total. The number of rotatable bonds is 4. The summed E-state index contributed by atoms with van der Waals surface area (Å²) in [6.45, 7) is 0.390. The van der Waals surface area contributed by atoms with E-state index < -0.39 is 10.0 Å². The summed E-state index contributed by atoms with van der Waals surface area (Å²) < 4.78 is 22.8. The topological polar surface area (TPSA) is 89.3 Å². The van der Waals surface area contributed by atoms with E-state index in [2.05, 4.69) is 5.32 Å². The molecule has 7 heteroatoms. The molecule has 1 amide bonds. The van der Waals surface area contributed by atoms with Gasteiger partial charge in [0.05, 0.1) is 6.54 Å². The fourth-order valence-corrected chi connectivity index (χ4v) is 7.07. The molecular formula is C16H22N2O3S2. The van der Waals surface area contributed by atoms with Gasteiger partial charge < -0.3 is 5.32 Å². The maximum absolute atomic E-state index is 12.8. The highest BCUT2D eigenvalue weighted by Crippen LogP contribution is 2.60. The summed E-state index contributed by atoms with van der Waals surface area (Å²) in [7, 11) is -3.65. The number of primary sulfonamides is 1. The Kier molecular flexibility index (Phi) is 3.59. The van der Waals surface area contributed by atoms with Crippen molar-refractivity contribution in [1.82, 2.24) is 5.32 Å². The average Bonchev–Trinajstić information content (AvgIpc) is 2.92. The molecule has 4 bridgehead atoms. The van der Waals surface area contributed by atoms with Crippen molar-refractivity contribution in [1.29, 1.82) is 0 Å². The van der Waals surface area contributed by atoms with E-state index in [0.29, 0.717) is 6.54 Å². The lowest BCUT2D eigenvalue weighted by Crippen LogP contribution is -2.53. The quantitative estimate of drug-likeness (QED) is 0.869. The molecule has 1 aromatic heterocycles. The molecule has 0 saturated heterocycles. The van der Waals surface area contributed by atoms with Crippen molar-refractivity contribution >= 4 is 27.3 Å². The van der Waals surface area contributed by atoms with E-state index in [4.69, 9.17) is 5.14 Å². The minimum absolute atomic E-state index is 0.150. The summed E-state index contributed by atoms with van der Waals surface area (Å²) in [5.74, 6) is 2.38. The molecule has 0 atom stereocenters. The largest absolute Gasteiger partial charge is 0.351 e. The van der Waals surface area contributed by atoms with Crippen LogP contribution in [0.25, 0.3) is 0 Å². The second-order valence-electron chi connectivity index (χ2n) is 7.65. The molecule has 23 heavy (non-hydrogen) atoms. The zero-order chi connectivity index (χ0) is 16.2. The van der Waals surface area contributed by atoms with E-state index in [1.54, 1.807) is 6.07 Å². The summed E-state index contributed by atoms with van der Waals surface area (Å²) in [5, 5.41) is 8.18. The van der Waals surface area contributed by atoms with Crippen LogP contribution in [0.3, 0.4) is 0 Å². The summed E-state index contributed by atoms with van der Waals surface area (Å²) >= 11 is 1.13. The van der Waals surface area contributed by atoms with Crippen LogP contribution in [0.5, 0.6) is 0 Å². The van der Waals surface area contributed by atoms with E-state index in [0.717, 1.165) is 53.2 Å². The van der Waals surface area contributed by atoms with Crippen molar-refractivity contribution < 1.29 is 13.2 Å². The lowest BCUT2D eigenvalue weighted by atomic mass is 9.49. The van der Waals surface area contributed by atoms with Crippen molar-refractivity contribution in [3.05, 3.63) is 17.0 Å². The predicted octanol–water partition coefficient (Wildman–Crippen LogP) is 2.23. The van der Waals surface area contributed by atoms with Gasteiger partial charge in [0.25, 0.3) is 0 Å².